The fourth-order valence-electron chi connectivity index (χ4n) is 2.42. The number of aromatic nitrogens is 3. The number of hydrogen-bond acceptors (Lipinski definition) is 4. The minimum Gasteiger partial charge on any atom is -0.444 e. The van der Waals surface area contributed by atoms with Gasteiger partial charge in [0.05, 0.1) is 22.8 Å². The van der Waals surface area contributed by atoms with Gasteiger partial charge in [-0.3, -0.25) is 5.10 Å². The van der Waals surface area contributed by atoms with E-state index in [2.05, 4.69) is 25.8 Å². The average Bonchev–Trinajstić information content (AvgIpc) is 3.10. The van der Waals surface area contributed by atoms with Gasteiger partial charge in [0, 0.05) is 11.3 Å². The maximum Gasteiger partial charge on any atom is 0.323 e. The van der Waals surface area contributed by atoms with Gasteiger partial charge in [0.15, 0.2) is 0 Å². The molecule has 2 amide bonds. The van der Waals surface area contributed by atoms with E-state index in [1.807, 2.05) is 45.9 Å². The summed E-state index contributed by atoms with van der Waals surface area (Å²) in [6.45, 7) is 7.52. The fraction of sp³-hybridized carbons (Fsp3) is 0.235. The van der Waals surface area contributed by atoms with E-state index in [0.29, 0.717) is 17.3 Å². The molecular weight excluding hydrogens is 306 g/mol. The molecule has 7 nitrogen and oxygen atoms in total. The third-order valence-corrected chi connectivity index (χ3v) is 3.71. The topological polar surface area (TPSA) is 95.8 Å². The predicted molar refractivity (Wildman–Crippen MR) is 92.1 cm³/mol. The smallest absolute Gasteiger partial charge is 0.323 e. The predicted octanol–water partition coefficient (Wildman–Crippen LogP) is 3.94. The monoisotopic (exact) mass is 325 g/mol. The number of H-pyrrole nitrogens is 1. The molecule has 0 aliphatic rings. The van der Waals surface area contributed by atoms with Crippen LogP contribution in [0.4, 0.5) is 16.2 Å². The number of oxazole rings is 1. The van der Waals surface area contributed by atoms with Gasteiger partial charge in [0.25, 0.3) is 0 Å². The Labute approximate surface area is 139 Å². The summed E-state index contributed by atoms with van der Waals surface area (Å²) < 4.78 is 5.46. The normalized spacial score (nSPS) is 10.7. The highest BCUT2D eigenvalue weighted by atomic mass is 16.3. The number of hydrogen-bond donors (Lipinski definition) is 3. The maximum atomic E-state index is 12.2. The molecule has 0 bridgehead atoms. The zero-order valence-electron chi connectivity index (χ0n) is 14.0. The zero-order valence-corrected chi connectivity index (χ0v) is 14.0. The molecule has 0 fully saturated rings. The summed E-state index contributed by atoms with van der Waals surface area (Å²) in [6, 6.07) is 5.26. The summed E-state index contributed by atoms with van der Waals surface area (Å²) in [5, 5.41) is 12.5. The van der Waals surface area contributed by atoms with E-state index in [9.17, 15) is 4.79 Å². The van der Waals surface area contributed by atoms with E-state index in [-0.39, 0.29) is 6.03 Å². The van der Waals surface area contributed by atoms with Crippen molar-refractivity contribution in [2.24, 2.45) is 0 Å². The molecule has 3 N–H and O–H groups in total. The van der Waals surface area contributed by atoms with E-state index in [1.165, 1.54) is 0 Å². The van der Waals surface area contributed by atoms with Crippen LogP contribution in [-0.4, -0.2) is 21.2 Å². The van der Waals surface area contributed by atoms with Crippen molar-refractivity contribution in [2.75, 3.05) is 10.6 Å². The second kappa shape index (κ2) is 6.19. The molecule has 0 aliphatic carbocycles. The highest BCUT2D eigenvalue weighted by Crippen LogP contribution is 2.26. The number of nitrogens with one attached hydrogen (secondary N) is 3. The van der Waals surface area contributed by atoms with Crippen LogP contribution in [0, 0.1) is 27.7 Å². The van der Waals surface area contributed by atoms with Crippen LogP contribution in [0.2, 0.25) is 0 Å². The first-order valence-corrected chi connectivity index (χ1v) is 7.57. The largest absolute Gasteiger partial charge is 0.444 e. The van der Waals surface area contributed by atoms with E-state index in [0.717, 1.165) is 28.2 Å². The lowest BCUT2D eigenvalue weighted by Crippen LogP contribution is -2.20. The molecule has 0 saturated carbocycles. The Kier molecular flexibility index (Phi) is 4.07. The fourth-order valence-corrected chi connectivity index (χ4v) is 2.42. The Morgan fingerprint density at radius 1 is 1.17 bits per heavy atom. The van der Waals surface area contributed by atoms with Gasteiger partial charge in [-0.1, -0.05) is 6.07 Å². The summed E-state index contributed by atoms with van der Waals surface area (Å²) in [5.41, 5.74) is 5.56. The molecule has 0 spiro atoms. The molecule has 124 valence electrons. The number of aryl methyl sites for hydroxylation is 4. The highest BCUT2D eigenvalue weighted by Gasteiger charge is 2.12. The number of benzene rings is 1. The molecule has 24 heavy (non-hydrogen) atoms. The van der Waals surface area contributed by atoms with Gasteiger partial charge in [-0.2, -0.15) is 5.10 Å². The van der Waals surface area contributed by atoms with Gasteiger partial charge in [-0.15, -0.1) is 0 Å². The van der Waals surface area contributed by atoms with Crippen LogP contribution in [-0.2, 0) is 0 Å². The maximum absolute atomic E-state index is 12.2. The Morgan fingerprint density at radius 3 is 2.58 bits per heavy atom. The molecule has 0 radical (unpaired) electrons. The van der Waals surface area contributed by atoms with Gasteiger partial charge in [0.1, 0.15) is 6.26 Å². The second-order valence-electron chi connectivity index (χ2n) is 5.71. The Morgan fingerprint density at radius 2 is 1.96 bits per heavy atom. The van der Waals surface area contributed by atoms with Crippen LogP contribution in [0.5, 0.6) is 0 Å². The first kappa shape index (κ1) is 15.8. The van der Waals surface area contributed by atoms with Crippen LogP contribution in [0.25, 0.3) is 11.5 Å². The number of nitrogens with zero attached hydrogens (tertiary/aromatic N) is 2. The van der Waals surface area contributed by atoms with Gasteiger partial charge < -0.3 is 15.1 Å². The van der Waals surface area contributed by atoms with E-state index < -0.39 is 0 Å². The minimum atomic E-state index is -0.332. The quantitative estimate of drug-likeness (QED) is 0.679. The van der Waals surface area contributed by atoms with Crippen molar-refractivity contribution < 1.29 is 9.21 Å². The van der Waals surface area contributed by atoms with Crippen molar-refractivity contribution in [3.05, 3.63) is 47.1 Å². The number of anilines is 2. The van der Waals surface area contributed by atoms with E-state index in [4.69, 9.17) is 4.42 Å². The number of rotatable bonds is 3. The molecule has 2 heterocycles. The van der Waals surface area contributed by atoms with Gasteiger partial charge in [0.2, 0.25) is 5.89 Å². The van der Waals surface area contributed by atoms with Gasteiger partial charge in [-0.25, -0.2) is 9.78 Å². The molecule has 0 atom stereocenters. The van der Waals surface area contributed by atoms with Gasteiger partial charge in [-0.05, 0) is 45.4 Å². The minimum absolute atomic E-state index is 0.332. The summed E-state index contributed by atoms with van der Waals surface area (Å²) >= 11 is 0. The van der Waals surface area contributed by atoms with E-state index in [1.54, 1.807) is 6.26 Å². The standard InChI is InChI=1S/C17H19N5O2/c1-9-5-6-13(7-14(9)16-18-10(2)8-24-16)19-17(23)20-15-11(3)21-22-12(15)4/h5-8H,1-4H3,(H,21,22)(H2,19,20,23). The van der Waals surface area contributed by atoms with Crippen LogP contribution < -0.4 is 10.6 Å². The van der Waals surface area contributed by atoms with Crippen LogP contribution >= 0.6 is 0 Å². The van der Waals surface area contributed by atoms with Crippen molar-refractivity contribution in [3.8, 4) is 11.5 Å². The molecule has 3 rings (SSSR count). The molecule has 0 unspecified atom stereocenters. The third-order valence-electron chi connectivity index (χ3n) is 3.71. The zero-order chi connectivity index (χ0) is 17.3. The van der Waals surface area contributed by atoms with Crippen LogP contribution in [0.1, 0.15) is 22.6 Å². The second-order valence-corrected chi connectivity index (χ2v) is 5.71. The van der Waals surface area contributed by atoms with Crippen molar-refractivity contribution in [3.63, 3.8) is 0 Å². The summed E-state index contributed by atoms with van der Waals surface area (Å²) in [7, 11) is 0. The molecule has 3 aromatic rings. The molecular formula is C17H19N5O2. The SMILES string of the molecule is Cc1coc(-c2cc(NC(=O)Nc3c(C)n[nH]c3C)ccc2C)n1. The summed E-state index contributed by atoms with van der Waals surface area (Å²) in [4.78, 5) is 16.6. The molecule has 2 aromatic heterocycles. The average molecular weight is 325 g/mol. The molecule has 1 aromatic carbocycles. The van der Waals surface area contributed by atoms with Gasteiger partial charge >= 0.3 is 6.03 Å². The lowest BCUT2D eigenvalue weighted by Gasteiger charge is -2.10. The summed E-state index contributed by atoms with van der Waals surface area (Å²) in [6.07, 6.45) is 1.60. The lowest BCUT2D eigenvalue weighted by atomic mass is 10.1. The summed E-state index contributed by atoms with van der Waals surface area (Å²) in [5.74, 6) is 0.538. The van der Waals surface area contributed by atoms with Crippen molar-refractivity contribution in [2.45, 2.75) is 27.7 Å². The van der Waals surface area contributed by atoms with Crippen molar-refractivity contribution in [1.82, 2.24) is 15.2 Å². The highest BCUT2D eigenvalue weighted by molar-refractivity contribution is 6.00. The molecule has 0 saturated heterocycles. The number of carbonyl (C=O) groups is 1. The Balaban J connectivity index is 1.79. The number of carbonyl (C=O) groups excluding carboxylic acids is 1. The first-order valence-electron chi connectivity index (χ1n) is 7.57. The Hall–Kier alpha value is -3.09. The first-order chi connectivity index (χ1) is 11.4. The van der Waals surface area contributed by atoms with Crippen molar-refractivity contribution >= 4 is 17.4 Å². The molecule has 7 heteroatoms. The van der Waals surface area contributed by atoms with Crippen LogP contribution in [0.3, 0.4) is 0 Å². The van der Waals surface area contributed by atoms with Crippen molar-refractivity contribution in [1.29, 1.82) is 0 Å². The third kappa shape index (κ3) is 3.15. The molecule has 0 aliphatic heterocycles. The lowest BCUT2D eigenvalue weighted by molar-refractivity contribution is 0.262. The van der Waals surface area contributed by atoms with Crippen LogP contribution in [0.15, 0.2) is 28.9 Å². The number of urea groups is 1. The van der Waals surface area contributed by atoms with E-state index >= 15 is 0 Å². The number of aromatic amines is 1. The Bertz CT molecular complexity index is 875. The number of amides is 2.